The third-order valence-electron chi connectivity index (χ3n) is 2.24. The van der Waals surface area contributed by atoms with Crippen LogP contribution in [-0.2, 0) is 0 Å². The number of benzene rings is 2. The van der Waals surface area contributed by atoms with Crippen molar-refractivity contribution in [1.82, 2.24) is 0 Å². The normalized spacial score (nSPS) is 8.82. The quantitative estimate of drug-likeness (QED) is 0.795. The summed E-state index contributed by atoms with van der Waals surface area (Å²) in [4.78, 5) is 11.0. The second-order valence-electron chi connectivity index (χ2n) is 3.22. The Morgan fingerprint density at radius 1 is 0.882 bits per heavy atom. The van der Waals surface area contributed by atoms with Crippen molar-refractivity contribution in [3.63, 3.8) is 0 Å². The molecule has 0 fully saturated rings. The maximum atomic E-state index is 11.0. The van der Waals surface area contributed by atoms with Gasteiger partial charge >= 0.3 is 5.97 Å². The van der Waals surface area contributed by atoms with E-state index in [-0.39, 0.29) is 0 Å². The van der Waals surface area contributed by atoms with Crippen molar-refractivity contribution in [2.75, 3.05) is 0 Å². The van der Waals surface area contributed by atoms with Crippen LogP contribution in [0.25, 0.3) is 11.1 Å². The SMILES string of the molecule is C#C.O=C(O)c1ccccc1-c1ccccc1. The Morgan fingerprint density at radius 3 is 2.00 bits per heavy atom. The molecule has 2 heteroatoms. The molecule has 2 aromatic carbocycles. The van der Waals surface area contributed by atoms with Gasteiger partial charge < -0.3 is 5.11 Å². The van der Waals surface area contributed by atoms with E-state index in [0.29, 0.717) is 5.56 Å². The number of hydrogen-bond acceptors (Lipinski definition) is 1. The third kappa shape index (κ3) is 2.96. The molecule has 0 radical (unpaired) electrons. The van der Waals surface area contributed by atoms with Gasteiger partial charge in [0.05, 0.1) is 5.56 Å². The van der Waals surface area contributed by atoms with Crippen LogP contribution in [0.1, 0.15) is 10.4 Å². The van der Waals surface area contributed by atoms with Gasteiger partial charge in [-0.05, 0) is 17.2 Å². The zero-order valence-electron chi connectivity index (χ0n) is 9.21. The maximum Gasteiger partial charge on any atom is 0.336 e. The van der Waals surface area contributed by atoms with Crippen LogP contribution in [0.3, 0.4) is 0 Å². The van der Waals surface area contributed by atoms with Gasteiger partial charge in [0, 0.05) is 0 Å². The van der Waals surface area contributed by atoms with Crippen molar-refractivity contribution in [3.05, 3.63) is 60.2 Å². The van der Waals surface area contributed by atoms with Crippen molar-refractivity contribution in [2.24, 2.45) is 0 Å². The summed E-state index contributed by atoms with van der Waals surface area (Å²) in [6.07, 6.45) is 8.00. The Labute approximate surface area is 101 Å². The number of carboxylic acids is 1. The Balaban J connectivity index is 0.000000686. The molecule has 0 saturated heterocycles. The zero-order chi connectivity index (χ0) is 12.7. The van der Waals surface area contributed by atoms with Gasteiger partial charge in [-0.1, -0.05) is 48.5 Å². The van der Waals surface area contributed by atoms with E-state index in [0.717, 1.165) is 11.1 Å². The van der Waals surface area contributed by atoms with Crippen LogP contribution in [0.5, 0.6) is 0 Å². The van der Waals surface area contributed by atoms with Gasteiger partial charge in [0.15, 0.2) is 0 Å². The standard InChI is InChI=1S/C13H10O2.C2H2/c14-13(15)12-9-5-4-8-11(12)10-6-2-1-3-7-10;1-2/h1-9H,(H,14,15);1-2H. The second-order valence-corrected chi connectivity index (χ2v) is 3.22. The number of terminal acetylenes is 1. The van der Waals surface area contributed by atoms with Crippen LogP contribution in [0, 0.1) is 12.8 Å². The first-order valence-corrected chi connectivity index (χ1v) is 5.00. The molecule has 0 saturated carbocycles. The molecule has 0 aromatic heterocycles. The lowest BCUT2D eigenvalue weighted by molar-refractivity contribution is 0.0697. The molecule has 0 bridgehead atoms. The Bertz CT molecular complexity index is 513. The first-order valence-electron chi connectivity index (χ1n) is 5.00. The van der Waals surface area contributed by atoms with Gasteiger partial charge in [0.25, 0.3) is 0 Å². The molecule has 0 spiro atoms. The summed E-state index contributed by atoms with van der Waals surface area (Å²) in [5, 5.41) is 9.03. The first kappa shape index (κ1) is 12.5. The molecule has 84 valence electrons. The summed E-state index contributed by atoms with van der Waals surface area (Å²) in [7, 11) is 0. The van der Waals surface area contributed by atoms with Gasteiger partial charge in [-0.15, -0.1) is 12.8 Å². The predicted molar refractivity (Wildman–Crippen MR) is 68.7 cm³/mol. The van der Waals surface area contributed by atoms with E-state index in [2.05, 4.69) is 12.8 Å². The lowest BCUT2D eigenvalue weighted by Gasteiger charge is -2.05. The summed E-state index contributed by atoms with van der Waals surface area (Å²) in [6, 6.07) is 16.5. The van der Waals surface area contributed by atoms with E-state index in [9.17, 15) is 4.79 Å². The molecular weight excluding hydrogens is 212 g/mol. The highest BCUT2D eigenvalue weighted by molar-refractivity contribution is 5.95. The summed E-state index contributed by atoms with van der Waals surface area (Å²) >= 11 is 0. The fourth-order valence-corrected chi connectivity index (χ4v) is 1.54. The molecule has 0 unspecified atom stereocenters. The highest BCUT2D eigenvalue weighted by Crippen LogP contribution is 2.22. The van der Waals surface area contributed by atoms with E-state index in [1.54, 1.807) is 12.1 Å². The molecule has 0 heterocycles. The Morgan fingerprint density at radius 2 is 1.41 bits per heavy atom. The van der Waals surface area contributed by atoms with Crippen LogP contribution in [-0.4, -0.2) is 11.1 Å². The largest absolute Gasteiger partial charge is 0.478 e. The lowest BCUT2D eigenvalue weighted by Crippen LogP contribution is -1.98. The lowest BCUT2D eigenvalue weighted by atomic mass is 10.00. The van der Waals surface area contributed by atoms with Crippen molar-refractivity contribution in [1.29, 1.82) is 0 Å². The molecular formula is C15H12O2. The number of aromatic carboxylic acids is 1. The Kier molecular flexibility index (Phi) is 4.53. The fourth-order valence-electron chi connectivity index (χ4n) is 1.54. The number of rotatable bonds is 2. The fraction of sp³-hybridized carbons (Fsp3) is 0. The maximum absolute atomic E-state index is 11.0. The van der Waals surface area contributed by atoms with Gasteiger partial charge in [-0.25, -0.2) is 4.79 Å². The highest BCUT2D eigenvalue weighted by Gasteiger charge is 2.09. The molecule has 0 atom stereocenters. The van der Waals surface area contributed by atoms with E-state index in [1.807, 2.05) is 42.5 Å². The molecule has 17 heavy (non-hydrogen) atoms. The van der Waals surface area contributed by atoms with E-state index in [1.165, 1.54) is 0 Å². The van der Waals surface area contributed by atoms with Crippen LogP contribution in [0.2, 0.25) is 0 Å². The molecule has 0 aliphatic heterocycles. The topological polar surface area (TPSA) is 37.3 Å². The molecule has 0 amide bonds. The minimum atomic E-state index is -0.894. The first-order chi connectivity index (χ1) is 8.29. The molecule has 0 aliphatic rings. The number of carbonyl (C=O) groups is 1. The van der Waals surface area contributed by atoms with Crippen molar-refractivity contribution in [2.45, 2.75) is 0 Å². The van der Waals surface area contributed by atoms with Gasteiger partial charge in [-0.3, -0.25) is 0 Å². The van der Waals surface area contributed by atoms with E-state index in [4.69, 9.17) is 5.11 Å². The van der Waals surface area contributed by atoms with Crippen LogP contribution in [0.4, 0.5) is 0 Å². The minimum absolute atomic E-state index is 0.337. The summed E-state index contributed by atoms with van der Waals surface area (Å²) in [5.74, 6) is -0.894. The molecule has 2 aromatic rings. The van der Waals surface area contributed by atoms with Crippen LogP contribution >= 0.6 is 0 Å². The van der Waals surface area contributed by atoms with Gasteiger partial charge in [-0.2, -0.15) is 0 Å². The van der Waals surface area contributed by atoms with Crippen LogP contribution in [0.15, 0.2) is 54.6 Å². The molecule has 0 aliphatic carbocycles. The predicted octanol–water partition coefficient (Wildman–Crippen LogP) is 3.30. The number of hydrogen-bond donors (Lipinski definition) is 1. The monoisotopic (exact) mass is 224 g/mol. The minimum Gasteiger partial charge on any atom is -0.478 e. The third-order valence-corrected chi connectivity index (χ3v) is 2.24. The van der Waals surface area contributed by atoms with E-state index < -0.39 is 5.97 Å². The van der Waals surface area contributed by atoms with Crippen molar-refractivity contribution >= 4 is 5.97 Å². The average molecular weight is 224 g/mol. The van der Waals surface area contributed by atoms with E-state index >= 15 is 0 Å². The zero-order valence-corrected chi connectivity index (χ0v) is 9.21. The average Bonchev–Trinajstić information content (AvgIpc) is 2.42. The molecule has 2 rings (SSSR count). The van der Waals surface area contributed by atoms with Gasteiger partial charge in [0.2, 0.25) is 0 Å². The Hall–Kier alpha value is -2.53. The highest BCUT2D eigenvalue weighted by atomic mass is 16.4. The summed E-state index contributed by atoms with van der Waals surface area (Å²) in [5.41, 5.74) is 2.02. The summed E-state index contributed by atoms with van der Waals surface area (Å²) in [6.45, 7) is 0. The summed E-state index contributed by atoms with van der Waals surface area (Å²) < 4.78 is 0. The van der Waals surface area contributed by atoms with Gasteiger partial charge in [0.1, 0.15) is 0 Å². The molecule has 2 nitrogen and oxygen atoms in total. The number of carboxylic acid groups (broad SMARTS) is 1. The molecule has 1 N–H and O–H groups in total. The van der Waals surface area contributed by atoms with Crippen LogP contribution < -0.4 is 0 Å². The second kappa shape index (κ2) is 6.14. The van der Waals surface area contributed by atoms with Crippen molar-refractivity contribution in [3.8, 4) is 24.0 Å². The van der Waals surface area contributed by atoms with Crippen molar-refractivity contribution < 1.29 is 9.90 Å². The smallest absolute Gasteiger partial charge is 0.336 e.